The fourth-order valence-electron chi connectivity index (χ4n) is 1.08. The molecule has 0 radical (unpaired) electrons. The van der Waals surface area contributed by atoms with Gasteiger partial charge in [-0.15, -0.1) is 0 Å². The van der Waals surface area contributed by atoms with Crippen LogP contribution in [0.15, 0.2) is 27.6 Å². The summed E-state index contributed by atoms with van der Waals surface area (Å²) < 4.78 is 48.4. The summed E-state index contributed by atoms with van der Waals surface area (Å²) in [6.45, 7) is 0. The highest BCUT2D eigenvalue weighted by Crippen LogP contribution is 2.24. The van der Waals surface area contributed by atoms with Gasteiger partial charge in [-0.05, 0) is 30.2 Å². The van der Waals surface area contributed by atoms with E-state index in [1.54, 1.807) is 12.1 Å². The van der Waals surface area contributed by atoms with Crippen LogP contribution in [-0.2, 0) is 24.8 Å². The topological polar surface area (TPSA) is 88.5 Å². The molecule has 11 heteroatoms. The summed E-state index contributed by atoms with van der Waals surface area (Å²) in [5.74, 6) is 0. The zero-order valence-corrected chi connectivity index (χ0v) is 15.4. The van der Waals surface area contributed by atoms with Crippen LogP contribution in [0.2, 0.25) is 0 Å². The molecule has 0 unspecified atom stereocenters. The van der Waals surface area contributed by atoms with Crippen LogP contribution in [0.3, 0.4) is 0 Å². The lowest BCUT2D eigenvalue weighted by Gasteiger charge is -2.05. The number of hydrogen-bond donors (Lipinski definition) is 1. The molecule has 0 aromatic heterocycles. The minimum atomic E-state index is -4.19. The monoisotopic (exact) mass is 476 g/mol. The molecular weight excluding hydrogens is 471 g/mol. The van der Waals surface area contributed by atoms with Crippen LogP contribution < -0.4 is 0 Å². The molecule has 1 aromatic carbocycles. The Morgan fingerprint density at radius 1 is 1.16 bits per heavy atom. The molecule has 0 aliphatic carbocycles. The lowest BCUT2D eigenvalue weighted by molar-refractivity contribution is 0.501. The summed E-state index contributed by atoms with van der Waals surface area (Å²) in [4.78, 5) is 0.182. The molecule has 1 aromatic rings. The van der Waals surface area contributed by atoms with E-state index in [2.05, 4.69) is 42.5 Å². The Labute approximate surface area is 137 Å². The number of alkyl halides is 1. The molecule has 0 aliphatic heterocycles. The van der Waals surface area contributed by atoms with Gasteiger partial charge in [0.15, 0.2) is 0 Å². The second-order valence-corrected chi connectivity index (χ2v) is 9.28. The predicted molar refractivity (Wildman–Crippen MR) is 82.1 cm³/mol. The number of hydrogen-bond acceptors (Lipinski definition) is 4. The molecular formula is C8H8Br2Cl2O5S2. The SMILES string of the molecule is O=S(=O)(Cl)c1ccc(Br)cc1CCBr.O=S(=O)(O)Cl. The van der Waals surface area contributed by atoms with Crippen molar-refractivity contribution in [1.82, 2.24) is 0 Å². The third-order valence-electron chi connectivity index (χ3n) is 1.65. The summed E-state index contributed by atoms with van der Waals surface area (Å²) in [7, 11) is 1.51. The maximum atomic E-state index is 11.2. The largest absolute Gasteiger partial charge is 0.353 e. The van der Waals surface area contributed by atoms with Gasteiger partial charge >= 0.3 is 9.33 Å². The van der Waals surface area contributed by atoms with Crippen LogP contribution in [0.4, 0.5) is 0 Å². The lowest BCUT2D eigenvalue weighted by atomic mass is 10.2. The number of rotatable bonds is 3. The fourth-order valence-corrected chi connectivity index (χ4v) is 3.08. The van der Waals surface area contributed by atoms with E-state index in [9.17, 15) is 8.42 Å². The van der Waals surface area contributed by atoms with E-state index < -0.39 is 18.4 Å². The van der Waals surface area contributed by atoms with Crippen molar-refractivity contribution in [2.45, 2.75) is 11.3 Å². The number of benzene rings is 1. The first kappa shape index (κ1) is 19.6. The minimum Gasteiger partial charge on any atom is -0.273 e. The smallest absolute Gasteiger partial charge is 0.273 e. The third kappa shape index (κ3) is 10.1. The zero-order valence-electron chi connectivity index (χ0n) is 9.05. The first-order valence-corrected chi connectivity index (χ1v) is 10.9. The van der Waals surface area contributed by atoms with Crippen molar-refractivity contribution >= 4 is 71.6 Å². The molecule has 0 aliphatic rings. The zero-order chi connectivity index (χ0) is 15.3. The van der Waals surface area contributed by atoms with E-state index in [1.165, 1.54) is 6.07 Å². The van der Waals surface area contributed by atoms with Crippen molar-refractivity contribution < 1.29 is 21.4 Å². The van der Waals surface area contributed by atoms with Crippen molar-refractivity contribution in [3.8, 4) is 0 Å². The van der Waals surface area contributed by atoms with Crippen LogP contribution in [0.25, 0.3) is 0 Å². The van der Waals surface area contributed by atoms with Gasteiger partial charge in [-0.2, -0.15) is 8.42 Å². The van der Waals surface area contributed by atoms with Gasteiger partial charge in [0.1, 0.15) is 0 Å². The first-order valence-electron chi connectivity index (χ1n) is 4.41. The van der Waals surface area contributed by atoms with Crippen LogP contribution in [0, 0.1) is 0 Å². The van der Waals surface area contributed by atoms with Crippen molar-refractivity contribution in [1.29, 1.82) is 0 Å². The molecule has 0 heterocycles. The second-order valence-electron chi connectivity index (χ2n) is 3.04. The summed E-state index contributed by atoms with van der Waals surface area (Å²) in [6.07, 6.45) is 0.626. The van der Waals surface area contributed by atoms with Gasteiger partial charge in [0.05, 0.1) is 4.90 Å². The summed E-state index contributed by atoms with van der Waals surface area (Å²) in [5.41, 5.74) is 0.714. The van der Waals surface area contributed by atoms with Gasteiger partial charge in [-0.3, -0.25) is 4.55 Å². The molecule has 1 rings (SSSR count). The molecule has 110 valence electrons. The van der Waals surface area contributed by atoms with Gasteiger partial charge in [0.25, 0.3) is 9.05 Å². The summed E-state index contributed by atoms with van der Waals surface area (Å²) in [6, 6.07) is 4.92. The molecule has 0 spiro atoms. The Morgan fingerprint density at radius 3 is 2.00 bits per heavy atom. The van der Waals surface area contributed by atoms with Crippen LogP contribution in [-0.4, -0.2) is 26.7 Å². The number of halogens is 4. The minimum absolute atomic E-state index is 0.182. The molecule has 19 heavy (non-hydrogen) atoms. The summed E-state index contributed by atoms with van der Waals surface area (Å²) in [5, 5.41) is 0.697. The lowest BCUT2D eigenvalue weighted by Crippen LogP contribution is -1.98. The molecule has 0 saturated heterocycles. The Hall–Kier alpha value is 0.620. The van der Waals surface area contributed by atoms with Crippen molar-refractivity contribution in [2.75, 3.05) is 5.33 Å². The van der Waals surface area contributed by atoms with Gasteiger partial charge in [-0.1, -0.05) is 31.9 Å². The molecule has 0 amide bonds. The molecule has 1 N–H and O–H groups in total. The Kier molecular flexibility index (Phi) is 8.42. The Balaban J connectivity index is 0.000000555. The molecule has 0 saturated carbocycles. The van der Waals surface area contributed by atoms with E-state index in [-0.39, 0.29) is 4.90 Å². The highest BCUT2D eigenvalue weighted by Gasteiger charge is 2.14. The molecule has 5 nitrogen and oxygen atoms in total. The normalized spacial score (nSPS) is 11.6. The first-order chi connectivity index (χ1) is 8.45. The van der Waals surface area contributed by atoms with Gasteiger partial charge in [0, 0.05) is 31.2 Å². The quantitative estimate of drug-likeness (QED) is 0.409. The molecule has 0 bridgehead atoms. The van der Waals surface area contributed by atoms with Crippen LogP contribution >= 0.6 is 53.2 Å². The standard InChI is InChI=1S/C8H7Br2ClO2S.ClHO3S/c9-4-3-6-5-7(10)1-2-8(6)14(11,12)13;1-5(2,3)4/h1-2,5H,3-4H2;(H,2,3,4). The van der Waals surface area contributed by atoms with E-state index in [4.69, 9.17) is 23.7 Å². The highest BCUT2D eigenvalue weighted by atomic mass is 79.9. The maximum Gasteiger partial charge on any atom is 0.353 e. The average Bonchev–Trinajstić information content (AvgIpc) is 2.13. The Morgan fingerprint density at radius 2 is 1.63 bits per heavy atom. The Bertz CT molecular complexity index is 623. The fraction of sp³-hybridized carbons (Fsp3) is 0.250. The van der Waals surface area contributed by atoms with Gasteiger partial charge in [-0.25, -0.2) is 8.42 Å². The van der Waals surface area contributed by atoms with E-state index in [1.807, 2.05) is 0 Å². The average molecular weight is 479 g/mol. The number of aryl methyl sites for hydroxylation is 1. The van der Waals surface area contributed by atoms with Crippen LogP contribution in [0.5, 0.6) is 0 Å². The van der Waals surface area contributed by atoms with Crippen molar-refractivity contribution in [3.63, 3.8) is 0 Å². The van der Waals surface area contributed by atoms with E-state index in [0.29, 0.717) is 17.3 Å². The van der Waals surface area contributed by atoms with Gasteiger partial charge in [0.2, 0.25) is 0 Å². The second kappa shape index (κ2) is 8.16. The van der Waals surface area contributed by atoms with E-state index >= 15 is 0 Å². The van der Waals surface area contributed by atoms with Gasteiger partial charge < -0.3 is 0 Å². The van der Waals surface area contributed by atoms with Crippen LogP contribution in [0.1, 0.15) is 5.56 Å². The van der Waals surface area contributed by atoms with E-state index in [0.717, 1.165) is 4.47 Å². The highest BCUT2D eigenvalue weighted by molar-refractivity contribution is 9.10. The predicted octanol–water partition coefficient (Wildman–Crippen LogP) is 3.34. The van der Waals surface area contributed by atoms with Crippen molar-refractivity contribution in [2.24, 2.45) is 0 Å². The third-order valence-corrected chi connectivity index (χ3v) is 3.96. The molecule has 0 atom stereocenters. The van der Waals surface area contributed by atoms with Crippen molar-refractivity contribution in [3.05, 3.63) is 28.2 Å². The summed E-state index contributed by atoms with van der Waals surface area (Å²) >= 11 is 6.54. The molecule has 0 fully saturated rings. The maximum absolute atomic E-state index is 11.2.